The lowest BCUT2D eigenvalue weighted by atomic mass is 10.0. The van der Waals surface area contributed by atoms with Crippen LogP contribution < -0.4 is 19.6 Å². The highest BCUT2D eigenvalue weighted by atomic mass is 32.1. The molecule has 8 nitrogen and oxygen atoms in total. The third-order valence-electron chi connectivity index (χ3n) is 6.32. The zero-order valence-corrected chi connectivity index (χ0v) is 22.5. The number of aryl methyl sites for hydroxylation is 1. The van der Waals surface area contributed by atoms with Crippen LogP contribution in [0.5, 0.6) is 11.5 Å². The van der Waals surface area contributed by atoms with E-state index in [0.717, 1.165) is 45.1 Å². The fourth-order valence-electron chi connectivity index (χ4n) is 4.42. The second kappa shape index (κ2) is 10.2. The monoisotopic (exact) mass is 535 g/mol. The summed E-state index contributed by atoms with van der Waals surface area (Å²) in [6.45, 7) is 4.54. The second-order valence-electron chi connectivity index (χ2n) is 8.90. The first-order chi connectivity index (χ1) is 19.0. The summed E-state index contributed by atoms with van der Waals surface area (Å²) >= 11 is 1.30. The number of hydrogen-bond acceptors (Lipinski definition) is 7. The molecular weight excluding hydrogens is 510 g/mol. The van der Waals surface area contributed by atoms with E-state index in [0.29, 0.717) is 21.9 Å². The summed E-state index contributed by atoms with van der Waals surface area (Å²) in [7, 11) is 1.66. The van der Waals surface area contributed by atoms with Crippen molar-refractivity contribution in [1.29, 1.82) is 0 Å². The molecule has 0 aliphatic rings. The highest BCUT2D eigenvalue weighted by molar-refractivity contribution is 7.15. The molecule has 0 radical (unpaired) electrons. The Hall–Kier alpha value is -4.76. The minimum atomic E-state index is -0.219. The molecule has 0 aliphatic carbocycles. The van der Waals surface area contributed by atoms with Crippen molar-refractivity contribution in [3.63, 3.8) is 0 Å². The van der Waals surface area contributed by atoms with Crippen LogP contribution in [-0.4, -0.2) is 38.1 Å². The number of thiazole rings is 1. The molecule has 0 bridgehead atoms. The van der Waals surface area contributed by atoms with Gasteiger partial charge >= 0.3 is 0 Å². The summed E-state index contributed by atoms with van der Waals surface area (Å²) in [6.07, 6.45) is 3.80. The maximum atomic E-state index is 13.4. The minimum Gasteiger partial charge on any atom is -0.496 e. The SMILES string of the molecule is CCOc1ccc(-c2nc3s/c(=C\c4cn(-c5ccccc5)nc4-c4ccc(OC)c(C)c4)c(=O)n3n2)cc1. The van der Waals surface area contributed by atoms with Gasteiger partial charge in [-0.05, 0) is 80.1 Å². The minimum absolute atomic E-state index is 0.219. The van der Waals surface area contributed by atoms with E-state index in [1.54, 1.807) is 7.11 Å². The molecule has 0 aliphatic heterocycles. The molecule has 0 fully saturated rings. The molecule has 0 unspecified atom stereocenters. The highest BCUT2D eigenvalue weighted by Gasteiger charge is 2.16. The molecule has 194 valence electrons. The summed E-state index contributed by atoms with van der Waals surface area (Å²) in [5, 5.41) is 9.38. The molecule has 0 spiro atoms. The zero-order chi connectivity index (χ0) is 26.9. The normalized spacial score (nSPS) is 11.8. The van der Waals surface area contributed by atoms with Gasteiger partial charge < -0.3 is 9.47 Å². The molecule has 6 aromatic rings. The van der Waals surface area contributed by atoms with Crippen LogP contribution in [0.1, 0.15) is 18.1 Å². The van der Waals surface area contributed by atoms with Crippen LogP contribution in [-0.2, 0) is 0 Å². The van der Waals surface area contributed by atoms with Gasteiger partial charge in [0.1, 0.15) is 17.2 Å². The fourth-order valence-corrected chi connectivity index (χ4v) is 5.32. The Labute approximate surface area is 228 Å². The number of nitrogens with zero attached hydrogens (tertiary/aromatic N) is 5. The molecule has 9 heteroatoms. The van der Waals surface area contributed by atoms with Crippen molar-refractivity contribution in [2.24, 2.45) is 0 Å². The lowest BCUT2D eigenvalue weighted by molar-refractivity contribution is 0.340. The van der Waals surface area contributed by atoms with E-state index in [-0.39, 0.29) is 5.56 Å². The summed E-state index contributed by atoms with van der Waals surface area (Å²) in [6, 6.07) is 23.4. The van der Waals surface area contributed by atoms with Gasteiger partial charge in [0.05, 0.1) is 23.9 Å². The number of rotatable bonds is 7. The van der Waals surface area contributed by atoms with Gasteiger partial charge in [-0.25, -0.2) is 4.68 Å². The molecule has 39 heavy (non-hydrogen) atoms. The summed E-state index contributed by atoms with van der Waals surface area (Å²) < 4.78 is 14.7. The summed E-state index contributed by atoms with van der Waals surface area (Å²) in [4.78, 5) is 18.5. The third kappa shape index (κ3) is 4.68. The number of fused-ring (bicyclic) bond motifs is 1. The number of ether oxygens (including phenoxy) is 2. The zero-order valence-electron chi connectivity index (χ0n) is 21.7. The van der Waals surface area contributed by atoms with Crippen LogP contribution in [0.15, 0.2) is 83.8 Å². The van der Waals surface area contributed by atoms with E-state index >= 15 is 0 Å². The lowest BCUT2D eigenvalue weighted by Crippen LogP contribution is -2.23. The Bertz CT molecular complexity index is 1890. The molecule has 0 saturated carbocycles. The predicted octanol–water partition coefficient (Wildman–Crippen LogP) is 4.93. The number of methoxy groups -OCH3 is 1. The Morgan fingerprint density at radius 1 is 0.974 bits per heavy atom. The van der Waals surface area contributed by atoms with E-state index in [9.17, 15) is 4.79 Å². The average molecular weight is 536 g/mol. The van der Waals surface area contributed by atoms with Gasteiger partial charge in [0.2, 0.25) is 4.96 Å². The first-order valence-corrected chi connectivity index (χ1v) is 13.3. The van der Waals surface area contributed by atoms with Crippen molar-refractivity contribution in [3.05, 3.63) is 105 Å². The summed E-state index contributed by atoms with van der Waals surface area (Å²) in [5.74, 6) is 2.09. The summed E-state index contributed by atoms with van der Waals surface area (Å²) in [5.41, 5.74) is 5.03. The van der Waals surface area contributed by atoms with Crippen LogP contribution in [0, 0.1) is 6.92 Å². The van der Waals surface area contributed by atoms with Crippen LogP contribution in [0.2, 0.25) is 0 Å². The number of para-hydroxylation sites is 1. The molecule has 0 saturated heterocycles. The molecule has 0 N–H and O–H groups in total. The van der Waals surface area contributed by atoms with E-state index in [2.05, 4.69) is 10.1 Å². The molecular formula is C30H25N5O3S. The van der Waals surface area contributed by atoms with Crippen LogP contribution in [0.25, 0.3) is 39.4 Å². The average Bonchev–Trinajstić information content (AvgIpc) is 3.65. The van der Waals surface area contributed by atoms with Crippen molar-refractivity contribution < 1.29 is 9.47 Å². The van der Waals surface area contributed by atoms with Gasteiger partial charge in [-0.1, -0.05) is 29.5 Å². The lowest BCUT2D eigenvalue weighted by Gasteiger charge is -2.06. The molecule has 3 aromatic carbocycles. The third-order valence-corrected chi connectivity index (χ3v) is 7.28. The quantitative estimate of drug-likeness (QED) is 0.288. The van der Waals surface area contributed by atoms with E-state index in [4.69, 9.17) is 14.6 Å². The van der Waals surface area contributed by atoms with Crippen LogP contribution in [0.3, 0.4) is 0 Å². The fraction of sp³-hybridized carbons (Fsp3) is 0.133. The largest absolute Gasteiger partial charge is 0.496 e. The topological polar surface area (TPSA) is 83.5 Å². The number of hydrogen-bond donors (Lipinski definition) is 0. The maximum absolute atomic E-state index is 13.4. The van der Waals surface area contributed by atoms with Crippen molar-refractivity contribution in [1.82, 2.24) is 24.4 Å². The second-order valence-corrected chi connectivity index (χ2v) is 9.91. The first kappa shape index (κ1) is 24.6. The molecule has 3 aromatic heterocycles. The number of benzene rings is 3. The molecule has 0 amide bonds. The highest BCUT2D eigenvalue weighted by Crippen LogP contribution is 2.29. The van der Waals surface area contributed by atoms with E-state index < -0.39 is 0 Å². The van der Waals surface area contributed by atoms with Crippen molar-refractivity contribution in [2.45, 2.75) is 13.8 Å². The maximum Gasteiger partial charge on any atom is 0.291 e. The van der Waals surface area contributed by atoms with Gasteiger partial charge in [-0.2, -0.15) is 14.6 Å². The van der Waals surface area contributed by atoms with Crippen LogP contribution in [0.4, 0.5) is 0 Å². The van der Waals surface area contributed by atoms with Crippen LogP contribution >= 0.6 is 11.3 Å². The Morgan fingerprint density at radius 2 is 1.74 bits per heavy atom. The Balaban J connectivity index is 1.44. The van der Waals surface area contributed by atoms with E-state index in [1.807, 2.05) is 104 Å². The Morgan fingerprint density at radius 3 is 2.44 bits per heavy atom. The smallest absolute Gasteiger partial charge is 0.291 e. The van der Waals surface area contributed by atoms with Gasteiger partial charge in [-0.3, -0.25) is 4.79 Å². The van der Waals surface area contributed by atoms with E-state index in [1.165, 1.54) is 15.9 Å². The predicted molar refractivity (Wildman–Crippen MR) is 153 cm³/mol. The standard InChI is InChI=1S/C30H25N5O3S/c1-4-38-24-13-10-20(11-14-24)28-31-30-35(33-28)29(36)26(39-30)17-22-18-34(23-8-6-5-7-9-23)32-27(22)21-12-15-25(37-3)19(2)16-21/h5-18H,4H2,1-3H3/b26-17-. The first-order valence-electron chi connectivity index (χ1n) is 12.5. The molecule has 0 atom stereocenters. The van der Waals surface area contributed by atoms with Gasteiger partial charge in [0, 0.05) is 22.9 Å². The van der Waals surface area contributed by atoms with Crippen molar-refractivity contribution in [2.75, 3.05) is 13.7 Å². The number of aromatic nitrogens is 5. The van der Waals surface area contributed by atoms with Crippen molar-refractivity contribution >= 4 is 22.4 Å². The van der Waals surface area contributed by atoms with Gasteiger partial charge in [-0.15, -0.1) is 5.10 Å². The Kier molecular flexibility index (Phi) is 6.42. The van der Waals surface area contributed by atoms with Gasteiger partial charge in [0.15, 0.2) is 5.82 Å². The van der Waals surface area contributed by atoms with Gasteiger partial charge in [0.25, 0.3) is 5.56 Å². The molecule has 3 heterocycles. The molecule has 6 rings (SSSR count). The van der Waals surface area contributed by atoms with Crippen molar-refractivity contribution in [3.8, 4) is 39.8 Å².